The van der Waals surface area contributed by atoms with E-state index in [9.17, 15) is 9.90 Å². The van der Waals surface area contributed by atoms with Crippen molar-refractivity contribution in [2.75, 3.05) is 12.4 Å². The molecule has 5 rings (SSSR count). The van der Waals surface area contributed by atoms with E-state index < -0.39 is 5.97 Å². The van der Waals surface area contributed by atoms with Crippen LogP contribution in [-0.2, 0) is 6.61 Å². The topological polar surface area (TPSA) is 67.8 Å². The monoisotopic (exact) mass is 539 g/mol. The second-order valence-electron chi connectivity index (χ2n) is 8.47. The Morgan fingerprint density at radius 1 is 1.21 bits per heavy atom. The van der Waals surface area contributed by atoms with Crippen LogP contribution in [0.15, 0.2) is 71.2 Å². The number of anilines is 1. The SMILES string of the molecule is COc1cc([C@@H]2Nc3c(Cl)ccc(C(=O)O)c3[C@H]3C=CC[C@H]32)cc(Br)c1OCc1ccccc1. The minimum absolute atomic E-state index is 0.0372. The van der Waals surface area contributed by atoms with E-state index >= 15 is 0 Å². The maximum atomic E-state index is 11.9. The molecule has 0 aromatic heterocycles. The number of halogens is 2. The van der Waals surface area contributed by atoms with Gasteiger partial charge in [0.15, 0.2) is 11.5 Å². The number of rotatable bonds is 6. The lowest BCUT2D eigenvalue weighted by Crippen LogP contribution is -2.30. The van der Waals surface area contributed by atoms with E-state index in [1.165, 1.54) is 0 Å². The first-order valence-electron chi connectivity index (χ1n) is 11.0. The predicted molar refractivity (Wildman–Crippen MR) is 136 cm³/mol. The molecule has 5 nitrogen and oxygen atoms in total. The summed E-state index contributed by atoms with van der Waals surface area (Å²) in [6, 6.07) is 17.1. The number of carboxylic acid groups (broad SMARTS) is 1. The summed E-state index contributed by atoms with van der Waals surface area (Å²) in [5.41, 5.74) is 3.80. The second-order valence-corrected chi connectivity index (χ2v) is 9.73. The Balaban J connectivity index is 1.51. The highest BCUT2D eigenvalue weighted by molar-refractivity contribution is 9.10. The second kappa shape index (κ2) is 9.35. The van der Waals surface area contributed by atoms with Gasteiger partial charge in [0, 0.05) is 5.92 Å². The fourth-order valence-electron chi connectivity index (χ4n) is 4.98. The van der Waals surface area contributed by atoms with E-state index in [2.05, 4.69) is 33.4 Å². The lowest BCUT2D eigenvalue weighted by Gasteiger charge is -2.38. The fourth-order valence-corrected chi connectivity index (χ4v) is 5.77. The van der Waals surface area contributed by atoms with Crippen LogP contribution in [-0.4, -0.2) is 18.2 Å². The summed E-state index contributed by atoms with van der Waals surface area (Å²) in [6.45, 7) is 0.423. The van der Waals surface area contributed by atoms with Gasteiger partial charge in [-0.3, -0.25) is 0 Å². The Bertz CT molecular complexity index is 1280. The van der Waals surface area contributed by atoms with Crippen LogP contribution in [0.1, 0.15) is 45.4 Å². The highest BCUT2D eigenvalue weighted by Crippen LogP contribution is 2.53. The Kier molecular flexibility index (Phi) is 6.28. The van der Waals surface area contributed by atoms with Crippen molar-refractivity contribution in [3.8, 4) is 11.5 Å². The van der Waals surface area contributed by atoms with Gasteiger partial charge in [-0.1, -0.05) is 54.1 Å². The third-order valence-electron chi connectivity index (χ3n) is 6.54. The molecule has 0 saturated heterocycles. The summed E-state index contributed by atoms with van der Waals surface area (Å²) in [7, 11) is 1.63. The molecule has 0 spiro atoms. The summed E-state index contributed by atoms with van der Waals surface area (Å²) in [4.78, 5) is 11.9. The zero-order chi connectivity index (χ0) is 23.8. The molecule has 0 fully saturated rings. The number of aromatic carboxylic acids is 1. The van der Waals surface area contributed by atoms with Crippen LogP contribution < -0.4 is 14.8 Å². The van der Waals surface area contributed by atoms with E-state index in [4.69, 9.17) is 21.1 Å². The molecule has 7 heteroatoms. The highest BCUT2D eigenvalue weighted by atomic mass is 79.9. The molecule has 0 unspecified atom stereocenters. The summed E-state index contributed by atoms with van der Waals surface area (Å²) in [6.07, 6.45) is 5.05. The number of nitrogens with one attached hydrogen (secondary N) is 1. The van der Waals surface area contributed by atoms with Gasteiger partial charge in [-0.15, -0.1) is 0 Å². The molecule has 3 aromatic carbocycles. The number of fused-ring (bicyclic) bond motifs is 3. The molecule has 1 aliphatic heterocycles. The summed E-state index contributed by atoms with van der Waals surface area (Å²) in [5.74, 6) is 0.428. The molecule has 0 bridgehead atoms. The quantitative estimate of drug-likeness (QED) is 0.323. The minimum Gasteiger partial charge on any atom is -0.493 e. The number of hydrogen-bond donors (Lipinski definition) is 2. The van der Waals surface area contributed by atoms with Crippen molar-refractivity contribution >= 4 is 39.2 Å². The third-order valence-corrected chi connectivity index (χ3v) is 7.44. The molecule has 0 amide bonds. The zero-order valence-corrected chi connectivity index (χ0v) is 20.8. The van der Waals surface area contributed by atoms with Crippen molar-refractivity contribution in [1.29, 1.82) is 0 Å². The van der Waals surface area contributed by atoms with Crippen molar-refractivity contribution in [3.05, 3.63) is 98.5 Å². The van der Waals surface area contributed by atoms with Crippen LogP contribution in [0.3, 0.4) is 0 Å². The molecule has 0 saturated carbocycles. The predicted octanol–water partition coefficient (Wildman–Crippen LogP) is 7.21. The molecule has 1 aliphatic carbocycles. The van der Waals surface area contributed by atoms with Crippen molar-refractivity contribution in [2.24, 2.45) is 5.92 Å². The standard InChI is InChI=1S/C27H23BrClNO4/c1-33-22-13-16(12-20(28)26(22)34-14-15-6-3-2-4-7-15)24-18-9-5-8-17(18)23-19(27(31)32)10-11-21(29)25(23)30-24/h2-8,10-13,17-18,24,30H,9,14H2,1H3,(H,31,32)/t17-,18+,24-/m0/s1. The number of carboxylic acids is 1. The van der Waals surface area contributed by atoms with Gasteiger partial charge in [0.1, 0.15) is 6.61 Å². The van der Waals surface area contributed by atoms with Gasteiger partial charge in [0.2, 0.25) is 0 Å². The molecule has 174 valence electrons. The average molecular weight is 541 g/mol. The van der Waals surface area contributed by atoms with Crippen LogP contribution in [0.2, 0.25) is 5.02 Å². The van der Waals surface area contributed by atoms with Gasteiger partial charge in [0.05, 0.1) is 33.9 Å². The maximum Gasteiger partial charge on any atom is 0.336 e. The van der Waals surface area contributed by atoms with E-state index in [0.29, 0.717) is 28.8 Å². The van der Waals surface area contributed by atoms with Crippen LogP contribution in [0.25, 0.3) is 0 Å². The van der Waals surface area contributed by atoms with E-state index in [-0.39, 0.29) is 23.4 Å². The fraction of sp³-hybridized carbons (Fsp3) is 0.222. The molecule has 0 radical (unpaired) electrons. The third kappa shape index (κ3) is 4.05. The molecular weight excluding hydrogens is 518 g/mol. The van der Waals surface area contributed by atoms with Crippen LogP contribution >= 0.6 is 27.5 Å². The summed E-state index contributed by atoms with van der Waals surface area (Å²) >= 11 is 10.2. The van der Waals surface area contributed by atoms with Crippen LogP contribution in [0.5, 0.6) is 11.5 Å². The number of allylic oxidation sites excluding steroid dienone is 2. The normalized spacial score (nSPS) is 20.3. The lowest BCUT2D eigenvalue weighted by atomic mass is 9.75. The molecule has 1 heterocycles. The van der Waals surface area contributed by atoms with Gasteiger partial charge < -0.3 is 19.9 Å². The summed E-state index contributed by atoms with van der Waals surface area (Å²) < 4.78 is 12.6. The van der Waals surface area contributed by atoms with Crippen molar-refractivity contribution in [2.45, 2.75) is 25.0 Å². The van der Waals surface area contributed by atoms with Gasteiger partial charge in [0.25, 0.3) is 0 Å². The molecular formula is C27H23BrClNO4. The van der Waals surface area contributed by atoms with Crippen LogP contribution in [0, 0.1) is 5.92 Å². The number of hydrogen-bond acceptors (Lipinski definition) is 4. The molecule has 2 aliphatic rings. The number of methoxy groups -OCH3 is 1. The van der Waals surface area contributed by atoms with Crippen molar-refractivity contribution in [3.63, 3.8) is 0 Å². The number of carbonyl (C=O) groups is 1. The van der Waals surface area contributed by atoms with Gasteiger partial charge in [-0.25, -0.2) is 4.79 Å². The van der Waals surface area contributed by atoms with Crippen LogP contribution in [0.4, 0.5) is 5.69 Å². The van der Waals surface area contributed by atoms with Crippen molar-refractivity contribution < 1.29 is 19.4 Å². The first-order chi connectivity index (χ1) is 16.5. The number of ether oxygens (including phenoxy) is 2. The molecule has 2 N–H and O–H groups in total. The Morgan fingerprint density at radius 2 is 2.00 bits per heavy atom. The first-order valence-corrected chi connectivity index (χ1v) is 12.2. The smallest absolute Gasteiger partial charge is 0.336 e. The van der Waals surface area contributed by atoms with Gasteiger partial charge in [-0.2, -0.15) is 0 Å². The van der Waals surface area contributed by atoms with E-state index in [1.54, 1.807) is 19.2 Å². The van der Waals surface area contributed by atoms with E-state index in [0.717, 1.165) is 27.6 Å². The molecule has 3 aromatic rings. The minimum atomic E-state index is -0.948. The summed E-state index contributed by atoms with van der Waals surface area (Å²) in [5, 5.41) is 13.8. The van der Waals surface area contributed by atoms with Gasteiger partial charge >= 0.3 is 5.97 Å². The molecule has 34 heavy (non-hydrogen) atoms. The van der Waals surface area contributed by atoms with E-state index in [1.807, 2.05) is 42.5 Å². The highest BCUT2D eigenvalue weighted by Gasteiger charge is 2.41. The number of benzene rings is 3. The Morgan fingerprint density at radius 3 is 2.74 bits per heavy atom. The average Bonchev–Trinajstić information content (AvgIpc) is 3.33. The lowest BCUT2D eigenvalue weighted by molar-refractivity contribution is 0.0695. The maximum absolute atomic E-state index is 11.9. The van der Waals surface area contributed by atoms with Crippen molar-refractivity contribution in [1.82, 2.24) is 0 Å². The zero-order valence-electron chi connectivity index (χ0n) is 18.4. The Hall–Kier alpha value is -2.96. The largest absolute Gasteiger partial charge is 0.493 e. The molecule has 3 atom stereocenters. The Labute approximate surface area is 211 Å². The van der Waals surface area contributed by atoms with Gasteiger partial charge in [-0.05, 0) is 69.2 Å². The first kappa shape index (κ1) is 22.8.